The monoisotopic (exact) mass is 233 g/mol. The van der Waals surface area contributed by atoms with Crippen molar-refractivity contribution in [2.75, 3.05) is 0 Å². The Morgan fingerprint density at radius 2 is 2.31 bits per heavy atom. The van der Waals surface area contributed by atoms with Gasteiger partial charge in [-0.2, -0.15) is 0 Å². The molecule has 0 saturated carbocycles. The van der Waals surface area contributed by atoms with Crippen LogP contribution in [0.1, 0.15) is 37.4 Å². The third kappa shape index (κ3) is 4.15. The Bertz CT molecular complexity index is 397. The van der Waals surface area contributed by atoms with Gasteiger partial charge in [0.05, 0.1) is 10.7 Å². The van der Waals surface area contributed by atoms with Crippen molar-refractivity contribution in [1.29, 1.82) is 0 Å². The summed E-state index contributed by atoms with van der Waals surface area (Å²) in [5, 5.41) is 3.23. The summed E-state index contributed by atoms with van der Waals surface area (Å²) >= 11 is 1.70. The minimum Gasteiger partial charge on any atom is -0.242 e. The fourth-order valence-corrected chi connectivity index (χ4v) is 1.92. The molecule has 0 saturated heterocycles. The average molecular weight is 233 g/mol. The van der Waals surface area contributed by atoms with Gasteiger partial charge in [0.25, 0.3) is 0 Å². The smallest absolute Gasteiger partial charge is 0.0901 e. The summed E-state index contributed by atoms with van der Waals surface area (Å²) in [7, 11) is 0. The van der Waals surface area contributed by atoms with E-state index in [0.29, 0.717) is 0 Å². The first-order valence-corrected chi connectivity index (χ1v) is 6.58. The molecule has 0 unspecified atom stereocenters. The first kappa shape index (κ1) is 12.9. The van der Waals surface area contributed by atoms with Gasteiger partial charge in [-0.25, -0.2) is 4.98 Å². The molecule has 0 fully saturated rings. The standard InChI is InChI=1S/C14H19NS/c1-4-6-8-10-13(9-7-5-2)14-11-16-12(3)15-14/h5,7-11H,4,6H2,1-3H3/b7-5-,10-8+,13-9+. The minimum atomic E-state index is 1.08. The van der Waals surface area contributed by atoms with Gasteiger partial charge in [-0.15, -0.1) is 11.3 Å². The average Bonchev–Trinajstić information content (AvgIpc) is 2.70. The van der Waals surface area contributed by atoms with Crippen molar-refractivity contribution in [3.8, 4) is 0 Å². The molecule has 1 aromatic heterocycles. The lowest BCUT2D eigenvalue weighted by molar-refractivity contribution is 0.959. The van der Waals surface area contributed by atoms with Crippen molar-refractivity contribution >= 4 is 16.9 Å². The highest BCUT2D eigenvalue weighted by atomic mass is 32.1. The quantitative estimate of drug-likeness (QED) is 0.668. The van der Waals surface area contributed by atoms with Gasteiger partial charge in [0, 0.05) is 11.0 Å². The molecular formula is C14H19NS. The van der Waals surface area contributed by atoms with E-state index in [4.69, 9.17) is 0 Å². The van der Waals surface area contributed by atoms with Gasteiger partial charge in [-0.1, -0.05) is 43.7 Å². The Morgan fingerprint density at radius 3 is 2.88 bits per heavy atom. The second-order valence-electron chi connectivity index (χ2n) is 3.59. The fraction of sp³-hybridized carbons (Fsp3) is 0.357. The molecule has 1 nitrogen and oxygen atoms in total. The fourth-order valence-electron chi connectivity index (χ4n) is 1.30. The zero-order chi connectivity index (χ0) is 11.8. The maximum absolute atomic E-state index is 4.51. The van der Waals surface area contributed by atoms with E-state index in [2.05, 4.69) is 41.6 Å². The molecule has 1 heterocycles. The van der Waals surface area contributed by atoms with E-state index < -0.39 is 0 Å². The highest BCUT2D eigenvalue weighted by molar-refractivity contribution is 7.09. The summed E-state index contributed by atoms with van der Waals surface area (Å²) in [6.45, 7) is 6.25. The van der Waals surface area contributed by atoms with Crippen molar-refractivity contribution in [2.45, 2.75) is 33.6 Å². The lowest BCUT2D eigenvalue weighted by Gasteiger charge is -1.96. The number of hydrogen-bond acceptors (Lipinski definition) is 2. The van der Waals surface area contributed by atoms with Crippen LogP contribution in [-0.4, -0.2) is 4.98 Å². The zero-order valence-electron chi connectivity index (χ0n) is 10.2. The first-order chi connectivity index (χ1) is 7.77. The highest BCUT2D eigenvalue weighted by Gasteiger charge is 2.00. The van der Waals surface area contributed by atoms with E-state index in [1.807, 2.05) is 19.9 Å². The van der Waals surface area contributed by atoms with Crippen LogP contribution < -0.4 is 0 Å². The van der Waals surface area contributed by atoms with Gasteiger partial charge < -0.3 is 0 Å². The number of allylic oxidation sites excluding steroid dienone is 6. The number of nitrogens with zero attached hydrogens (tertiary/aromatic N) is 1. The van der Waals surface area contributed by atoms with Crippen molar-refractivity contribution in [3.05, 3.63) is 46.5 Å². The summed E-state index contributed by atoms with van der Waals surface area (Å²) in [5.74, 6) is 0. The van der Waals surface area contributed by atoms with Crippen LogP contribution >= 0.6 is 11.3 Å². The van der Waals surface area contributed by atoms with Crippen molar-refractivity contribution in [3.63, 3.8) is 0 Å². The summed E-state index contributed by atoms with van der Waals surface area (Å²) in [4.78, 5) is 4.51. The molecule has 0 aromatic carbocycles. The number of rotatable bonds is 5. The molecule has 0 spiro atoms. The Hall–Kier alpha value is -1.15. The number of hydrogen-bond donors (Lipinski definition) is 0. The zero-order valence-corrected chi connectivity index (χ0v) is 11.1. The molecule has 1 rings (SSSR count). The predicted octanol–water partition coefficient (Wildman–Crippen LogP) is 4.77. The minimum absolute atomic E-state index is 1.08. The number of aromatic nitrogens is 1. The molecule has 0 aliphatic rings. The maximum Gasteiger partial charge on any atom is 0.0901 e. The molecule has 0 amide bonds. The van der Waals surface area contributed by atoms with E-state index in [-0.39, 0.29) is 0 Å². The van der Waals surface area contributed by atoms with Crippen molar-refractivity contribution in [2.24, 2.45) is 0 Å². The van der Waals surface area contributed by atoms with E-state index in [1.165, 1.54) is 12.0 Å². The Labute approximate surface area is 102 Å². The Balaban J connectivity index is 2.87. The Kier molecular flexibility index (Phi) is 5.79. The second kappa shape index (κ2) is 7.18. The molecule has 0 bridgehead atoms. The summed E-state index contributed by atoms with van der Waals surface area (Å²) in [6, 6.07) is 0. The van der Waals surface area contributed by atoms with E-state index >= 15 is 0 Å². The lowest BCUT2D eigenvalue weighted by Crippen LogP contribution is -1.81. The van der Waals surface area contributed by atoms with Crippen LogP contribution in [0.4, 0.5) is 0 Å². The summed E-state index contributed by atoms with van der Waals surface area (Å²) in [5.41, 5.74) is 2.27. The van der Waals surface area contributed by atoms with Gasteiger partial charge in [-0.05, 0) is 20.3 Å². The van der Waals surface area contributed by atoms with Gasteiger partial charge >= 0.3 is 0 Å². The first-order valence-electron chi connectivity index (χ1n) is 5.70. The van der Waals surface area contributed by atoms with Crippen LogP contribution in [0.15, 0.2) is 35.8 Å². The van der Waals surface area contributed by atoms with Crippen LogP contribution in [0.2, 0.25) is 0 Å². The van der Waals surface area contributed by atoms with Crippen molar-refractivity contribution in [1.82, 2.24) is 4.98 Å². The molecular weight excluding hydrogens is 214 g/mol. The molecule has 0 radical (unpaired) electrons. The third-order valence-corrected chi connectivity index (χ3v) is 2.91. The van der Waals surface area contributed by atoms with Crippen LogP contribution in [0.25, 0.3) is 5.57 Å². The maximum atomic E-state index is 4.51. The lowest BCUT2D eigenvalue weighted by atomic mass is 10.1. The molecule has 1 aromatic rings. The Morgan fingerprint density at radius 1 is 1.50 bits per heavy atom. The van der Waals surface area contributed by atoms with Crippen LogP contribution in [0, 0.1) is 6.92 Å². The predicted molar refractivity (Wildman–Crippen MR) is 73.7 cm³/mol. The van der Waals surface area contributed by atoms with Gasteiger partial charge in [-0.3, -0.25) is 0 Å². The van der Waals surface area contributed by atoms with E-state index in [0.717, 1.165) is 17.1 Å². The van der Waals surface area contributed by atoms with Crippen LogP contribution in [0.5, 0.6) is 0 Å². The SMILES string of the molecule is C\C=C/C=C(\C=C\CCC)c1csc(C)n1. The normalized spacial score (nSPS) is 13.1. The molecule has 0 aliphatic heterocycles. The number of thiazole rings is 1. The molecule has 0 atom stereocenters. The van der Waals surface area contributed by atoms with E-state index in [1.54, 1.807) is 11.3 Å². The molecule has 16 heavy (non-hydrogen) atoms. The largest absolute Gasteiger partial charge is 0.242 e. The van der Waals surface area contributed by atoms with Gasteiger partial charge in [0.1, 0.15) is 0 Å². The van der Waals surface area contributed by atoms with E-state index in [9.17, 15) is 0 Å². The molecule has 0 aliphatic carbocycles. The molecule has 86 valence electrons. The third-order valence-electron chi connectivity index (χ3n) is 2.14. The van der Waals surface area contributed by atoms with Crippen LogP contribution in [-0.2, 0) is 0 Å². The van der Waals surface area contributed by atoms with Crippen molar-refractivity contribution < 1.29 is 0 Å². The highest BCUT2D eigenvalue weighted by Crippen LogP contribution is 2.19. The molecule has 0 N–H and O–H groups in total. The topological polar surface area (TPSA) is 12.9 Å². The summed E-state index contributed by atoms with van der Waals surface area (Å²) in [6.07, 6.45) is 12.9. The second-order valence-corrected chi connectivity index (χ2v) is 4.65. The summed E-state index contributed by atoms with van der Waals surface area (Å²) < 4.78 is 0. The number of aryl methyl sites for hydroxylation is 1. The van der Waals surface area contributed by atoms with Gasteiger partial charge in [0.15, 0.2) is 0 Å². The molecule has 2 heteroatoms. The number of unbranched alkanes of at least 4 members (excludes halogenated alkanes) is 1. The van der Waals surface area contributed by atoms with Crippen LogP contribution in [0.3, 0.4) is 0 Å². The van der Waals surface area contributed by atoms with Gasteiger partial charge in [0.2, 0.25) is 0 Å².